The highest BCUT2D eigenvalue weighted by molar-refractivity contribution is 5.96. The molecule has 0 N–H and O–H groups in total. The van der Waals surface area contributed by atoms with Crippen LogP contribution in [0.5, 0.6) is 0 Å². The van der Waals surface area contributed by atoms with Gasteiger partial charge in [0, 0.05) is 18.4 Å². The van der Waals surface area contributed by atoms with Crippen LogP contribution in [0.1, 0.15) is 35.2 Å². The summed E-state index contributed by atoms with van der Waals surface area (Å²) < 4.78 is 17.5. The second kappa shape index (κ2) is 6.13. The number of halogens is 1. The number of Topliss-reactive ketones (excluding diaryl/α,β-unsaturated/α-hetero) is 1. The van der Waals surface area contributed by atoms with Crippen molar-refractivity contribution in [2.24, 2.45) is 0 Å². The van der Waals surface area contributed by atoms with E-state index in [2.05, 4.69) is 4.74 Å². The lowest BCUT2D eigenvalue weighted by Gasteiger charge is -2.03. The van der Waals surface area contributed by atoms with Crippen molar-refractivity contribution >= 4 is 11.8 Å². The minimum Gasteiger partial charge on any atom is -0.469 e. The van der Waals surface area contributed by atoms with Crippen LogP contribution in [0.15, 0.2) is 18.2 Å². The first kappa shape index (κ1) is 13.4. The minimum atomic E-state index is -0.415. The Kier molecular flexibility index (Phi) is 4.82. The van der Waals surface area contributed by atoms with Gasteiger partial charge in [0.25, 0.3) is 0 Å². The van der Waals surface area contributed by atoms with Gasteiger partial charge in [0.05, 0.1) is 7.11 Å². The normalized spacial score (nSPS) is 10.1. The van der Waals surface area contributed by atoms with Crippen molar-refractivity contribution in [1.29, 1.82) is 0 Å². The molecular formula is C13H15FO3. The third-order valence-corrected chi connectivity index (χ3v) is 2.38. The lowest BCUT2D eigenvalue weighted by atomic mass is 10.0. The predicted octanol–water partition coefficient (Wildman–Crippen LogP) is 2.66. The molecule has 1 aromatic rings. The van der Waals surface area contributed by atoms with E-state index in [-0.39, 0.29) is 24.6 Å². The van der Waals surface area contributed by atoms with Crippen LogP contribution in [0.2, 0.25) is 0 Å². The molecule has 0 fully saturated rings. The maximum atomic E-state index is 13.1. The van der Waals surface area contributed by atoms with Gasteiger partial charge in [0.15, 0.2) is 5.78 Å². The fourth-order valence-corrected chi connectivity index (χ4v) is 1.54. The minimum absolute atomic E-state index is 0.156. The summed E-state index contributed by atoms with van der Waals surface area (Å²) in [7, 11) is 1.31. The van der Waals surface area contributed by atoms with Gasteiger partial charge < -0.3 is 4.74 Å². The highest BCUT2D eigenvalue weighted by atomic mass is 19.1. The zero-order valence-electron chi connectivity index (χ0n) is 9.96. The summed E-state index contributed by atoms with van der Waals surface area (Å²) in [5.41, 5.74) is 1.06. The van der Waals surface area contributed by atoms with E-state index < -0.39 is 5.82 Å². The molecule has 0 spiro atoms. The van der Waals surface area contributed by atoms with Crippen LogP contribution >= 0.6 is 0 Å². The molecule has 0 radical (unpaired) electrons. The summed E-state index contributed by atoms with van der Waals surface area (Å²) in [5, 5.41) is 0. The molecule has 0 aliphatic rings. The number of rotatable bonds is 5. The standard InChI is InChI=1S/C13H15FO3/c1-9-6-10(8-11(14)7-9)12(15)4-3-5-13(16)17-2/h6-8H,3-5H2,1-2H3. The third-order valence-electron chi connectivity index (χ3n) is 2.38. The summed E-state index contributed by atoms with van der Waals surface area (Å²) in [4.78, 5) is 22.5. The molecule has 0 unspecified atom stereocenters. The number of benzene rings is 1. The molecule has 0 bridgehead atoms. The molecule has 4 heteroatoms. The second-order valence-corrected chi connectivity index (χ2v) is 3.87. The van der Waals surface area contributed by atoms with Crippen LogP contribution in [0.4, 0.5) is 4.39 Å². The van der Waals surface area contributed by atoms with E-state index in [9.17, 15) is 14.0 Å². The van der Waals surface area contributed by atoms with Gasteiger partial charge in [-0.25, -0.2) is 4.39 Å². The topological polar surface area (TPSA) is 43.4 Å². The van der Waals surface area contributed by atoms with Crippen LogP contribution in [-0.2, 0) is 9.53 Å². The summed E-state index contributed by atoms with van der Waals surface area (Å²) in [5.74, 6) is -0.911. The molecule has 1 aromatic carbocycles. The Bertz CT molecular complexity index is 406. The number of methoxy groups -OCH3 is 1. The zero-order valence-corrected chi connectivity index (χ0v) is 9.96. The van der Waals surface area contributed by atoms with Gasteiger partial charge in [-0.2, -0.15) is 0 Å². The van der Waals surface area contributed by atoms with Crippen LogP contribution in [0, 0.1) is 12.7 Å². The van der Waals surface area contributed by atoms with E-state index in [0.717, 1.165) is 0 Å². The Morgan fingerprint density at radius 3 is 2.53 bits per heavy atom. The maximum Gasteiger partial charge on any atom is 0.305 e. The molecular weight excluding hydrogens is 223 g/mol. The molecule has 3 nitrogen and oxygen atoms in total. The summed E-state index contributed by atoms with van der Waals surface area (Å²) >= 11 is 0. The number of ketones is 1. The van der Waals surface area contributed by atoms with E-state index in [1.165, 1.54) is 19.2 Å². The van der Waals surface area contributed by atoms with Gasteiger partial charge in [-0.05, 0) is 37.1 Å². The Balaban J connectivity index is 2.55. The highest BCUT2D eigenvalue weighted by Crippen LogP contribution is 2.12. The van der Waals surface area contributed by atoms with Gasteiger partial charge in [-0.15, -0.1) is 0 Å². The Hall–Kier alpha value is -1.71. The SMILES string of the molecule is COC(=O)CCCC(=O)c1cc(C)cc(F)c1. The first-order valence-electron chi connectivity index (χ1n) is 5.40. The molecule has 1 rings (SSSR count). The van der Waals surface area contributed by atoms with Crippen molar-refractivity contribution in [3.8, 4) is 0 Å². The molecule has 0 saturated heterocycles. The molecule has 0 aliphatic carbocycles. The van der Waals surface area contributed by atoms with E-state index in [1.807, 2.05) is 0 Å². The average Bonchev–Trinajstić information content (AvgIpc) is 2.27. The maximum absolute atomic E-state index is 13.1. The van der Waals surface area contributed by atoms with E-state index in [0.29, 0.717) is 17.5 Å². The van der Waals surface area contributed by atoms with Gasteiger partial charge in [0.1, 0.15) is 5.82 Å². The van der Waals surface area contributed by atoms with Crippen molar-refractivity contribution in [2.45, 2.75) is 26.2 Å². The number of ether oxygens (including phenoxy) is 1. The monoisotopic (exact) mass is 238 g/mol. The first-order chi connectivity index (χ1) is 8.02. The zero-order chi connectivity index (χ0) is 12.8. The van der Waals surface area contributed by atoms with Crippen molar-refractivity contribution in [3.63, 3.8) is 0 Å². The van der Waals surface area contributed by atoms with Crippen molar-refractivity contribution in [2.75, 3.05) is 7.11 Å². The highest BCUT2D eigenvalue weighted by Gasteiger charge is 2.09. The van der Waals surface area contributed by atoms with Crippen molar-refractivity contribution in [1.82, 2.24) is 0 Å². The smallest absolute Gasteiger partial charge is 0.305 e. The van der Waals surface area contributed by atoms with Crippen molar-refractivity contribution in [3.05, 3.63) is 35.1 Å². The molecule has 0 amide bonds. The number of hydrogen-bond donors (Lipinski definition) is 0. The molecule has 0 aromatic heterocycles. The third kappa shape index (κ3) is 4.34. The Labute approximate surface area is 99.6 Å². The molecule has 0 aliphatic heterocycles. The van der Waals surface area contributed by atoms with Crippen LogP contribution < -0.4 is 0 Å². The summed E-state index contributed by atoms with van der Waals surface area (Å²) in [6.45, 7) is 1.73. The van der Waals surface area contributed by atoms with Crippen LogP contribution in [0.3, 0.4) is 0 Å². The number of aryl methyl sites for hydroxylation is 1. The molecule has 0 heterocycles. The second-order valence-electron chi connectivity index (χ2n) is 3.87. The van der Waals surface area contributed by atoms with Crippen LogP contribution in [0.25, 0.3) is 0 Å². The number of carbonyl (C=O) groups is 2. The lowest BCUT2D eigenvalue weighted by molar-refractivity contribution is -0.140. The average molecular weight is 238 g/mol. The summed E-state index contributed by atoms with van der Waals surface area (Å²) in [6.07, 6.45) is 0.843. The Morgan fingerprint density at radius 1 is 1.24 bits per heavy atom. The van der Waals surface area contributed by atoms with E-state index in [4.69, 9.17) is 0 Å². The van der Waals surface area contributed by atoms with Crippen LogP contribution in [-0.4, -0.2) is 18.9 Å². The van der Waals surface area contributed by atoms with Gasteiger partial charge in [-0.3, -0.25) is 9.59 Å². The molecule has 92 valence electrons. The van der Waals surface area contributed by atoms with Gasteiger partial charge in [-0.1, -0.05) is 0 Å². The first-order valence-corrected chi connectivity index (χ1v) is 5.40. The predicted molar refractivity (Wildman–Crippen MR) is 61.3 cm³/mol. The van der Waals surface area contributed by atoms with E-state index >= 15 is 0 Å². The lowest BCUT2D eigenvalue weighted by Crippen LogP contribution is -2.04. The fraction of sp³-hybridized carbons (Fsp3) is 0.385. The molecule has 0 saturated carbocycles. The van der Waals surface area contributed by atoms with Gasteiger partial charge >= 0.3 is 5.97 Å². The quantitative estimate of drug-likeness (QED) is 0.585. The molecule has 0 atom stereocenters. The van der Waals surface area contributed by atoms with E-state index in [1.54, 1.807) is 13.0 Å². The number of carbonyl (C=O) groups excluding carboxylic acids is 2. The molecule has 17 heavy (non-hydrogen) atoms. The largest absolute Gasteiger partial charge is 0.469 e. The number of esters is 1. The fourth-order valence-electron chi connectivity index (χ4n) is 1.54. The number of hydrogen-bond acceptors (Lipinski definition) is 3. The van der Waals surface area contributed by atoms with Crippen molar-refractivity contribution < 1.29 is 18.7 Å². The summed E-state index contributed by atoms with van der Waals surface area (Å²) in [6, 6.07) is 4.22. The van der Waals surface area contributed by atoms with Gasteiger partial charge in [0.2, 0.25) is 0 Å². The Morgan fingerprint density at radius 2 is 1.94 bits per heavy atom.